The highest BCUT2D eigenvalue weighted by Crippen LogP contribution is 2.35. The van der Waals surface area contributed by atoms with E-state index in [0.717, 1.165) is 31.4 Å². The minimum absolute atomic E-state index is 0.0911. The zero-order valence-corrected chi connectivity index (χ0v) is 16.1. The first-order valence-electron chi connectivity index (χ1n) is 9.92. The van der Waals surface area contributed by atoms with Crippen molar-refractivity contribution in [3.05, 3.63) is 23.8 Å². The summed E-state index contributed by atoms with van der Waals surface area (Å²) < 4.78 is 44.8. The lowest BCUT2D eigenvalue weighted by Gasteiger charge is -2.31. The summed E-state index contributed by atoms with van der Waals surface area (Å²) in [7, 11) is 0. The Morgan fingerprint density at radius 3 is 2.61 bits per heavy atom. The number of hydrogen-bond acceptors (Lipinski definition) is 4. The van der Waals surface area contributed by atoms with Crippen LogP contribution in [0.15, 0.2) is 18.2 Å². The van der Waals surface area contributed by atoms with E-state index in [9.17, 15) is 18.0 Å². The molecule has 156 valence electrons. The summed E-state index contributed by atoms with van der Waals surface area (Å²) in [5.41, 5.74) is 0.0181. The quantitative estimate of drug-likeness (QED) is 0.794. The van der Waals surface area contributed by atoms with E-state index in [1.807, 2.05) is 4.90 Å². The van der Waals surface area contributed by atoms with Crippen LogP contribution in [-0.2, 0) is 15.7 Å². The Balaban J connectivity index is 1.71. The second-order valence-electron chi connectivity index (χ2n) is 7.63. The van der Waals surface area contributed by atoms with Gasteiger partial charge in [0.15, 0.2) is 0 Å². The van der Waals surface area contributed by atoms with Crippen molar-refractivity contribution in [1.29, 1.82) is 0 Å². The number of anilines is 2. The van der Waals surface area contributed by atoms with Crippen LogP contribution in [0.2, 0.25) is 0 Å². The fourth-order valence-corrected chi connectivity index (χ4v) is 3.93. The molecule has 1 saturated carbocycles. The van der Waals surface area contributed by atoms with Gasteiger partial charge >= 0.3 is 6.18 Å². The van der Waals surface area contributed by atoms with Gasteiger partial charge in [0.05, 0.1) is 36.7 Å². The molecule has 5 nitrogen and oxygen atoms in total. The number of nitrogens with zero attached hydrogens (tertiary/aromatic N) is 1. The van der Waals surface area contributed by atoms with Gasteiger partial charge in [0.2, 0.25) is 5.91 Å². The fourth-order valence-electron chi connectivity index (χ4n) is 3.93. The zero-order chi connectivity index (χ0) is 20.1. The maximum atomic E-state index is 13.2. The average molecular weight is 399 g/mol. The predicted octanol–water partition coefficient (Wildman–Crippen LogP) is 3.65. The number of rotatable bonds is 5. The van der Waals surface area contributed by atoms with Crippen molar-refractivity contribution in [3.63, 3.8) is 0 Å². The first-order chi connectivity index (χ1) is 13.3. The number of carbonyl (C=O) groups excluding carboxylic acids is 1. The maximum Gasteiger partial charge on any atom is 0.416 e. The summed E-state index contributed by atoms with van der Waals surface area (Å²) in [5.74, 6) is 0.172. The molecule has 3 rings (SSSR count). The number of alkyl halides is 3. The average Bonchev–Trinajstić information content (AvgIpc) is 2.67. The van der Waals surface area contributed by atoms with Crippen LogP contribution in [-0.4, -0.2) is 44.8 Å². The van der Waals surface area contributed by atoms with E-state index < -0.39 is 11.7 Å². The third-order valence-electron chi connectivity index (χ3n) is 5.59. The fraction of sp³-hybridized carbons (Fsp3) is 0.650. The minimum atomic E-state index is -4.46. The van der Waals surface area contributed by atoms with Crippen LogP contribution in [0, 0.1) is 5.92 Å². The number of ether oxygens (including phenoxy) is 1. The number of morpholine rings is 1. The lowest BCUT2D eigenvalue weighted by Crippen LogP contribution is -2.41. The normalized spacial score (nSPS) is 23.5. The van der Waals surface area contributed by atoms with E-state index in [4.69, 9.17) is 4.74 Å². The Bertz CT molecular complexity index is 675. The van der Waals surface area contributed by atoms with Gasteiger partial charge in [0.1, 0.15) is 0 Å². The Hall–Kier alpha value is -1.80. The van der Waals surface area contributed by atoms with E-state index in [1.165, 1.54) is 12.5 Å². The van der Waals surface area contributed by atoms with Gasteiger partial charge in [-0.25, -0.2) is 0 Å². The van der Waals surface area contributed by atoms with Gasteiger partial charge in [0.25, 0.3) is 0 Å². The number of hydrogen-bond donors (Lipinski definition) is 2. The van der Waals surface area contributed by atoms with Crippen LogP contribution in [0.4, 0.5) is 24.5 Å². The molecule has 28 heavy (non-hydrogen) atoms. The third-order valence-corrected chi connectivity index (χ3v) is 5.59. The monoisotopic (exact) mass is 399 g/mol. The van der Waals surface area contributed by atoms with Crippen molar-refractivity contribution < 1.29 is 22.7 Å². The van der Waals surface area contributed by atoms with Crippen LogP contribution in [0.1, 0.15) is 38.2 Å². The van der Waals surface area contributed by atoms with Crippen molar-refractivity contribution in [3.8, 4) is 0 Å². The standard InChI is InChI=1S/C20H28F3N3O2/c1-14-4-2-3-5-16(14)24-13-19(27)25-17-12-15(20(21,22)23)6-7-18(17)26-8-10-28-11-9-26/h6-7,12,14,16,24H,2-5,8-11,13H2,1H3,(H,25,27). The molecule has 2 atom stereocenters. The highest BCUT2D eigenvalue weighted by molar-refractivity contribution is 5.95. The Morgan fingerprint density at radius 2 is 1.93 bits per heavy atom. The van der Waals surface area contributed by atoms with Crippen LogP contribution in [0.5, 0.6) is 0 Å². The van der Waals surface area contributed by atoms with Crippen LogP contribution in [0.25, 0.3) is 0 Å². The van der Waals surface area contributed by atoms with Crippen LogP contribution < -0.4 is 15.5 Å². The van der Waals surface area contributed by atoms with Gasteiger partial charge in [-0.2, -0.15) is 13.2 Å². The number of halogens is 3. The Morgan fingerprint density at radius 1 is 1.21 bits per heavy atom. The van der Waals surface area contributed by atoms with Crippen LogP contribution >= 0.6 is 0 Å². The maximum absolute atomic E-state index is 13.2. The number of amides is 1. The molecule has 2 aliphatic rings. The molecule has 1 aliphatic carbocycles. The first-order valence-corrected chi connectivity index (χ1v) is 9.92. The molecule has 1 saturated heterocycles. The topological polar surface area (TPSA) is 53.6 Å². The van der Waals surface area contributed by atoms with Crippen LogP contribution in [0.3, 0.4) is 0 Å². The molecule has 0 spiro atoms. The largest absolute Gasteiger partial charge is 0.416 e. The van der Waals surface area contributed by atoms with E-state index in [0.29, 0.717) is 37.9 Å². The van der Waals surface area contributed by atoms with Gasteiger partial charge in [-0.3, -0.25) is 4.79 Å². The van der Waals surface area contributed by atoms with Crippen molar-refractivity contribution in [2.75, 3.05) is 43.1 Å². The molecule has 0 aromatic heterocycles. The second kappa shape index (κ2) is 9.13. The summed E-state index contributed by atoms with van der Waals surface area (Å²) in [6.07, 6.45) is 0.0427. The summed E-state index contributed by atoms with van der Waals surface area (Å²) in [4.78, 5) is 14.4. The highest BCUT2D eigenvalue weighted by atomic mass is 19.4. The molecule has 2 N–H and O–H groups in total. The van der Waals surface area contributed by atoms with E-state index in [1.54, 1.807) is 0 Å². The second-order valence-corrected chi connectivity index (χ2v) is 7.63. The van der Waals surface area contributed by atoms with E-state index in [2.05, 4.69) is 17.6 Å². The van der Waals surface area contributed by atoms with Gasteiger partial charge in [0, 0.05) is 19.1 Å². The number of nitrogens with one attached hydrogen (secondary N) is 2. The highest BCUT2D eigenvalue weighted by Gasteiger charge is 2.32. The summed E-state index contributed by atoms with van der Waals surface area (Å²) in [6.45, 7) is 4.43. The molecular formula is C20H28F3N3O2. The zero-order valence-electron chi connectivity index (χ0n) is 16.1. The molecule has 1 heterocycles. The Labute approximate surface area is 163 Å². The molecule has 2 unspecified atom stereocenters. The minimum Gasteiger partial charge on any atom is -0.378 e. The summed E-state index contributed by atoms with van der Waals surface area (Å²) in [5, 5.41) is 5.96. The number of benzene rings is 1. The number of carbonyl (C=O) groups is 1. The predicted molar refractivity (Wildman–Crippen MR) is 103 cm³/mol. The molecule has 2 fully saturated rings. The molecule has 0 bridgehead atoms. The van der Waals surface area contributed by atoms with E-state index >= 15 is 0 Å². The summed E-state index contributed by atoms with van der Waals surface area (Å²) >= 11 is 0. The van der Waals surface area contributed by atoms with Crippen molar-refractivity contribution in [1.82, 2.24) is 5.32 Å². The van der Waals surface area contributed by atoms with Gasteiger partial charge in [-0.15, -0.1) is 0 Å². The molecule has 8 heteroatoms. The molecule has 1 aromatic carbocycles. The smallest absolute Gasteiger partial charge is 0.378 e. The van der Waals surface area contributed by atoms with Crippen molar-refractivity contribution in [2.24, 2.45) is 5.92 Å². The van der Waals surface area contributed by atoms with Crippen molar-refractivity contribution >= 4 is 17.3 Å². The van der Waals surface area contributed by atoms with Gasteiger partial charge in [-0.05, 0) is 37.0 Å². The molecule has 0 radical (unpaired) electrons. The van der Waals surface area contributed by atoms with Gasteiger partial charge in [-0.1, -0.05) is 19.8 Å². The summed E-state index contributed by atoms with van der Waals surface area (Å²) in [6, 6.07) is 3.79. The molecule has 1 amide bonds. The first kappa shape index (κ1) is 20.9. The third kappa shape index (κ3) is 5.38. The van der Waals surface area contributed by atoms with Gasteiger partial charge < -0.3 is 20.3 Å². The lowest BCUT2D eigenvalue weighted by molar-refractivity contribution is -0.137. The van der Waals surface area contributed by atoms with E-state index in [-0.39, 0.29) is 24.2 Å². The van der Waals surface area contributed by atoms with Crippen molar-refractivity contribution in [2.45, 2.75) is 44.8 Å². The molecule has 1 aliphatic heterocycles. The molecular weight excluding hydrogens is 371 g/mol. The molecule has 1 aromatic rings. The SMILES string of the molecule is CC1CCCCC1NCC(=O)Nc1cc(C(F)(F)F)ccc1N1CCOCC1. The Kier molecular flexibility index (Phi) is 6.82. The lowest BCUT2D eigenvalue weighted by atomic mass is 9.86.